The van der Waals surface area contributed by atoms with Gasteiger partial charge in [-0.2, -0.15) is 0 Å². The molecule has 2 heterocycles. The third-order valence-corrected chi connectivity index (χ3v) is 4.75. The van der Waals surface area contributed by atoms with Gasteiger partial charge in [0.15, 0.2) is 0 Å². The topological polar surface area (TPSA) is 105 Å². The molecule has 0 aliphatic rings. The van der Waals surface area contributed by atoms with Gasteiger partial charge in [-0.3, -0.25) is 14.3 Å². The zero-order chi connectivity index (χ0) is 17.1. The molecule has 3 rings (SSSR count). The number of aromatic nitrogens is 2. The molecule has 126 valence electrons. The van der Waals surface area contributed by atoms with Gasteiger partial charge in [-0.25, -0.2) is 4.79 Å². The molecule has 1 aromatic carbocycles. The molecule has 0 fully saturated rings. The molecule has 24 heavy (non-hydrogen) atoms. The summed E-state index contributed by atoms with van der Waals surface area (Å²) in [6.07, 6.45) is -0.786. The van der Waals surface area contributed by atoms with Gasteiger partial charge in [0.1, 0.15) is 17.5 Å². The number of thiophene rings is 1. The molecule has 0 unspecified atom stereocenters. The van der Waals surface area contributed by atoms with E-state index in [9.17, 15) is 9.59 Å². The minimum Gasteiger partial charge on any atom is -0.394 e. The lowest BCUT2D eigenvalue weighted by molar-refractivity contribution is -0.0498. The Labute approximate surface area is 140 Å². The average Bonchev–Trinajstić information content (AvgIpc) is 3.04. The fraction of sp³-hybridized carbons (Fsp3) is 0.250. The van der Waals surface area contributed by atoms with E-state index in [0.717, 1.165) is 10.4 Å². The average molecular weight is 348 g/mol. The van der Waals surface area contributed by atoms with Gasteiger partial charge in [-0.15, -0.1) is 11.3 Å². The number of fused-ring (bicyclic) bond motifs is 1. The highest BCUT2D eigenvalue weighted by molar-refractivity contribution is 7.22. The summed E-state index contributed by atoms with van der Waals surface area (Å²) in [4.78, 5) is 27.3. The van der Waals surface area contributed by atoms with Gasteiger partial charge in [0.05, 0.1) is 18.7 Å². The van der Waals surface area contributed by atoms with E-state index in [1.165, 1.54) is 15.9 Å². The van der Waals surface area contributed by atoms with Crippen LogP contribution < -0.4 is 11.2 Å². The van der Waals surface area contributed by atoms with E-state index in [1.807, 2.05) is 30.3 Å². The van der Waals surface area contributed by atoms with E-state index < -0.39 is 17.4 Å². The Morgan fingerprint density at radius 2 is 1.88 bits per heavy atom. The van der Waals surface area contributed by atoms with E-state index in [1.54, 1.807) is 6.07 Å². The maximum Gasteiger partial charge on any atom is 0.330 e. The molecule has 0 radical (unpaired) electrons. The Hall–Kier alpha value is -2.26. The molecular weight excluding hydrogens is 332 g/mol. The van der Waals surface area contributed by atoms with Crippen LogP contribution in [0.2, 0.25) is 0 Å². The second-order valence-corrected chi connectivity index (χ2v) is 6.21. The first kappa shape index (κ1) is 16.6. The van der Waals surface area contributed by atoms with Crippen molar-refractivity contribution in [2.45, 2.75) is 12.8 Å². The van der Waals surface area contributed by atoms with Crippen LogP contribution in [0.4, 0.5) is 0 Å². The number of aliphatic hydroxyl groups is 2. The van der Waals surface area contributed by atoms with Crippen molar-refractivity contribution < 1.29 is 14.9 Å². The van der Waals surface area contributed by atoms with E-state index in [-0.39, 0.29) is 19.9 Å². The summed E-state index contributed by atoms with van der Waals surface area (Å²) in [5.41, 5.74) is 0.364. The minimum absolute atomic E-state index is 0.178. The Morgan fingerprint density at radius 3 is 2.54 bits per heavy atom. The van der Waals surface area contributed by atoms with Gasteiger partial charge in [-0.1, -0.05) is 30.3 Å². The minimum atomic E-state index is -0.786. The van der Waals surface area contributed by atoms with Crippen molar-refractivity contribution in [1.82, 2.24) is 9.55 Å². The third kappa shape index (κ3) is 3.17. The molecule has 3 aromatic rings. The van der Waals surface area contributed by atoms with Crippen molar-refractivity contribution in [2.75, 3.05) is 13.2 Å². The zero-order valence-electron chi connectivity index (χ0n) is 12.6. The summed E-state index contributed by atoms with van der Waals surface area (Å²) < 4.78 is 7.01. The van der Waals surface area contributed by atoms with Gasteiger partial charge < -0.3 is 14.9 Å². The van der Waals surface area contributed by atoms with Crippen LogP contribution in [0.3, 0.4) is 0 Å². The summed E-state index contributed by atoms with van der Waals surface area (Å²) in [5, 5.41) is 18.1. The number of rotatable bonds is 6. The number of hydrogen-bond acceptors (Lipinski definition) is 6. The summed E-state index contributed by atoms with van der Waals surface area (Å²) >= 11 is 1.29. The van der Waals surface area contributed by atoms with Crippen molar-refractivity contribution in [1.29, 1.82) is 0 Å². The summed E-state index contributed by atoms with van der Waals surface area (Å²) in [6.45, 7) is -0.907. The quantitative estimate of drug-likeness (QED) is 0.610. The molecule has 0 amide bonds. The lowest BCUT2D eigenvalue weighted by Gasteiger charge is -2.14. The van der Waals surface area contributed by atoms with Gasteiger partial charge >= 0.3 is 5.69 Å². The standard InChI is InChI=1S/C16H16N2O5S/c19-7-11(8-20)23-9-18-12-6-13(10-4-2-1-3-5-10)24-14(12)15(21)17-16(18)22/h1-6,11,19-20H,7-9H2,(H,17,21,22). The third-order valence-electron chi connectivity index (χ3n) is 3.58. The molecule has 0 atom stereocenters. The first-order valence-corrected chi connectivity index (χ1v) is 8.11. The maximum absolute atomic E-state index is 12.1. The van der Waals surface area contributed by atoms with Crippen LogP contribution in [0.1, 0.15) is 0 Å². The van der Waals surface area contributed by atoms with E-state index in [2.05, 4.69) is 4.98 Å². The highest BCUT2D eigenvalue weighted by Gasteiger charge is 2.14. The number of hydrogen-bond donors (Lipinski definition) is 3. The molecular formula is C16H16N2O5S. The molecule has 3 N–H and O–H groups in total. The second-order valence-electron chi connectivity index (χ2n) is 5.16. The lowest BCUT2D eigenvalue weighted by atomic mass is 10.2. The molecule has 0 spiro atoms. The molecule has 0 aliphatic heterocycles. The molecule has 0 saturated heterocycles. The van der Waals surface area contributed by atoms with Crippen molar-refractivity contribution in [3.05, 3.63) is 57.2 Å². The fourth-order valence-electron chi connectivity index (χ4n) is 2.29. The number of nitrogens with zero attached hydrogens (tertiary/aromatic N) is 1. The van der Waals surface area contributed by atoms with E-state index in [4.69, 9.17) is 14.9 Å². The Morgan fingerprint density at radius 1 is 1.17 bits per heavy atom. The van der Waals surface area contributed by atoms with Crippen molar-refractivity contribution in [3.8, 4) is 10.4 Å². The molecule has 7 nitrogen and oxygen atoms in total. The van der Waals surface area contributed by atoms with Crippen LogP contribution in [-0.2, 0) is 11.5 Å². The van der Waals surface area contributed by atoms with Crippen LogP contribution in [0.15, 0.2) is 46.0 Å². The van der Waals surface area contributed by atoms with Gasteiger partial charge in [0, 0.05) is 4.88 Å². The normalized spacial score (nSPS) is 11.5. The van der Waals surface area contributed by atoms with Crippen LogP contribution in [-0.4, -0.2) is 39.1 Å². The van der Waals surface area contributed by atoms with Gasteiger partial charge in [-0.05, 0) is 11.6 Å². The largest absolute Gasteiger partial charge is 0.394 e. The summed E-state index contributed by atoms with van der Waals surface area (Å²) in [5.74, 6) is 0. The first-order chi connectivity index (χ1) is 11.6. The summed E-state index contributed by atoms with van der Waals surface area (Å²) in [7, 11) is 0. The van der Waals surface area contributed by atoms with Crippen LogP contribution >= 0.6 is 11.3 Å². The van der Waals surface area contributed by atoms with Crippen molar-refractivity contribution >= 4 is 21.6 Å². The van der Waals surface area contributed by atoms with Crippen LogP contribution in [0.25, 0.3) is 20.7 Å². The van der Waals surface area contributed by atoms with Crippen molar-refractivity contribution in [3.63, 3.8) is 0 Å². The van der Waals surface area contributed by atoms with Crippen molar-refractivity contribution in [2.24, 2.45) is 0 Å². The highest BCUT2D eigenvalue weighted by Crippen LogP contribution is 2.30. The van der Waals surface area contributed by atoms with Crippen LogP contribution in [0, 0.1) is 0 Å². The first-order valence-electron chi connectivity index (χ1n) is 7.29. The van der Waals surface area contributed by atoms with E-state index in [0.29, 0.717) is 10.2 Å². The van der Waals surface area contributed by atoms with Gasteiger partial charge in [0.2, 0.25) is 0 Å². The Balaban J connectivity index is 2.07. The lowest BCUT2D eigenvalue weighted by Crippen LogP contribution is -2.32. The number of benzene rings is 1. The van der Waals surface area contributed by atoms with Crippen LogP contribution in [0.5, 0.6) is 0 Å². The number of ether oxygens (including phenoxy) is 1. The SMILES string of the molecule is O=c1[nH]c(=O)n(COC(CO)CO)c2cc(-c3ccccc3)sc12. The Bertz CT molecular complexity index is 940. The number of nitrogens with one attached hydrogen (secondary N) is 1. The molecule has 8 heteroatoms. The van der Waals surface area contributed by atoms with Gasteiger partial charge in [0.25, 0.3) is 5.56 Å². The molecule has 2 aromatic heterocycles. The smallest absolute Gasteiger partial charge is 0.330 e. The maximum atomic E-state index is 12.1. The monoisotopic (exact) mass is 348 g/mol. The number of aliphatic hydroxyl groups excluding tert-OH is 2. The number of H-pyrrole nitrogens is 1. The second kappa shape index (κ2) is 7.10. The molecule has 0 aliphatic carbocycles. The predicted molar refractivity (Wildman–Crippen MR) is 91.2 cm³/mol. The molecule has 0 bridgehead atoms. The predicted octanol–water partition coefficient (Wildman–Crippen LogP) is 0.746. The fourth-order valence-corrected chi connectivity index (χ4v) is 3.35. The van der Waals surface area contributed by atoms with E-state index >= 15 is 0 Å². The number of aromatic amines is 1. The zero-order valence-corrected chi connectivity index (χ0v) is 13.5. The summed E-state index contributed by atoms with van der Waals surface area (Å²) in [6, 6.07) is 11.3. The highest BCUT2D eigenvalue weighted by atomic mass is 32.1. The molecule has 0 saturated carbocycles. The Kier molecular flexibility index (Phi) is 4.91.